The van der Waals surface area contributed by atoms with Crippen molar-refractivity contribution in [3.8, 4) is 0 Å². The summed E-state index contributed by atoms with van der Waals surface area (Å²) in [5.74, 6) is -2.30. The number of rotatable bonds is 6. The van der Waals surface area contributed by atoms with Crippen LogP contribution in [0.15, 0.2) is 47.4 Å². The Bertz CT molecular complexity index is 1080. The first kappa shape index (κ1) is 23.1. The van der Waals surface area contributed by atoms with Gasteiger partial charge in [0.15, 0.2) is 11.6 Å². The second-order valence-corrected chi connectivity index (χ2v) is 10.9. The fourth-order valence-electron chi connectivity index (χ4n) is 4.33. The van der Waals surface area contributed by atoms with Crippen molar-refractivity contribution >= 4 is 27.5 Å². The Hall–Kier alpha value is -2.03. The second-order valence-electron chi connectivity index (χ2n) is 8.48. The third kappa shape index (κ3) is 4.82. The highest BCUT2D eigenvalue weighted by atomic mass is 35.5. The molecule has 4 rings (SSSR count). The number of piperidine rings is 1. The number of nitrogens with zero attached hydrogens (tertiary/aromatic N) is 1. The van der Waals surface area contributed by atoms with E-state index in [-0.39, 0.29) is 35.9 Å². The van der Waals surface area contributed by atoms with Gasteiger partial charge in [-0.2, -0.15) is 4.31 Å². The van der Waals surface area contributed by atoms with Crippen molar-refractivity contribution in [2.75, 3.05) is 13.1 Å². The predicted molar refractivity (Wildman–Crippen MR) is 118 cm³/mol. The Morgan fingerprint density at radius 1 is 1.00 bits per heavy atom. The number of carbonyl (C=O) groups is 1. The van der Waals surface area contributed by atoms with Crippen molar-refractivity contribution in [1.29, 1.82) is 0 Å². The standard InChI is InChI=1S/C23H25ClF2N2O3S/c24-18-6-4-16(5-7-18)22(15-2-1-3-15)27-23(29)17-10-12-28(13-11-17)32(30,31)19-8-9-20(25)21(26)14-19/h4-9,14-15,17,22H,1-3,10-13H2,(H,27,29). The summed E-state index contributed by atoms with van der Waals surface area (Å²) < 4.78 is 53.5. The first-order valence-electron chi connectivity index (χ1n) is 10.8. The van der Waals surface area contributed by atoms with E-state index in [1.54, 1.807) is 0 Å². The molecule has 1 saturated heterocycles. The van der Waals surface area contributed by atoms with E-state index in [9.17, 15) is 22.0 Å². The maximum Gasteiger partial charge on any atom is 0.243 e. The Kier molecular flexibility index (Phi) is 6.83. The fourth-order valence-corrected chi connectivity index (χ4v) is 5.94. The molecule has 2 aromatic rings. The van der Waals surface area contributed by atoms with Crippen LogP contribution in [0, 0.1) is 23.5 Å². The van der Waals surface area contributed by atoms with Crippen molar-refractivity contribution in [3.05, 3.63) is 64.7 Å². The minimum Gasteiger partial charge on any atom is -0.349 e. The molecule has 0 spiro atoms. The largest absolute Gasteiger partial charge is 0.349 e. The van der Waals surface area contributed by atoms with Crippen LogP contribution < -0.4 is 5.32 Å². The summed E-state index contributed by atoms with van der Waals surface area (Å²) in [7, 11) is -3.95. The smallest absolute Gasteiger partial charge is 0.243 e. The van der Waals surface area contributed by atoms with Gasteiger partial charge in [-0.25, -0.2) is 17.2 Å². The van der Waals surface area contributed by atoms with Gasteiger partial charge in [0, 0.05) is 24.0 Å². The third-order valence-corrected chi connectivity index (χ3v) is 8.65. The summed E-state index contributed by atoms with van der Waals surface area (Å²) in [4.78, 5) is 12.7. The van der Waals surface area contributed by atoms with Gasteiger partial charge in [-0.15, -0.1) is 0 Å². The van der Waals surface area contributed by atoms with Gasteiger partial charge < -0.3 is 5.32 Å². The highest BCUT2D eigenvalue weighted by Gasteiger charge is 2.35. The van der Waals surface area contributed by atoms with E-state index in [1.165, 1.54) is 4.31 Å². The second kappa shape index (κ2) is 9.45. The van der Waals surface area contributed by atoms with Crippen LogP contribution in [0.3, 0.4) is 0 Å². The Labute approximate surface area is 191 Å². The highest BCUT2D eigenvalue weighted by molar-refractivity contribution is 7.89. The van der Waals surface area contributed by atoms with E-state index in [4.69, 9.17) is 11.6 Å². The highest BCUT2D eigenvalue weighted by Crippen LogP contribution is 2.38. The van der Waals surface area contributed by atoms with Crippen LogP contribution >= 0.6 is 11.6 Å². The lowest BCUT2D eigenvalue weighted by atomic mass is 9.77. The number of hydrogen-bond donors (Lipinski definition) is 1. The minimum atomic E-state index is -3.95. The lowest BCUT2D eigenvalue weighted by Gasteiger charge is -2.36. The van der Waals surface area contributed by atoms with Crippen molar-refractivity contribution < 1.29 is 22.0 Å². The molecule has 32 heavy (non-hydrogen) atoms. The molecular weight excluding hydrogens is 458 g/mol. The Balaban J connectivity index is 1.40. The third-order valence-electron chi connectivity index (χ3n) is 6.50. The number of benzene rings is 2. The lowest BCUT2D eigenvalue weighted by Crippen LogP contribution is -2.45. The number of sulfonamides is 1. The van der Waals surface area contributed by atoms with Crippen molar-refractivity contribution in [2.24, 2.45) is 11.8 Å². The monoisotopic (exact) mass is 482 g/mol. The van der Waals surface area contributed by atoms with Gasteiger partial charge >= 0.3 is 0 Å². The van der Waals surface area contributed by atoms with Gasteiger partial charge in [-0.1, -0.05) is 30.2 Å². The first-order valence-corrected chi connectivity index (χ1v) is 12.6. The lowest BCUT2D eigenvalue weighted by molar-refractivity contribution is -0.127. The molecule has 2 aliphatic rings. The normalized spacial score (nSPS) is 19.3. The van der Waals surface area contributed by atoms with E-state index < -0.39 is 21.7 Å². The summed E-state index contributed by atoms with van der Waals surface area (Å²) in [6.45, 7) is 0.295. The number of hydrogen-bond acceptors (Lipinski definition) is 3. The van der Waals surface area contributed by atoms with Gasteiger partial charge in [0.05, 0.1) is 10.9 Å². The van der Waals surface area contributed by atoms with E-state index in [0.29, 0.717) is 29.8 Å². The molecule has 0 bridgehead atoms. The van der Waals surface area contributed by atoms with Gasteiger partial charge in [0.25, 0.3) is 0 Å². The molecule has 5 nitrogen and oxygen atoms in total. The molecule has 1 atom stereocenters. The molecule has 2 aromatic carbocycles. The number of nitrogens with one attached hydrogen (secondary N) is 1. The maximum absolute atomic E-state index is 13.5. The van der Waals surface area contributed by atoms with Gasteiger partial charge in [-0.05, 0) is 67.5 Å². The predicted octanol–water partition coefficient (Wildman–Crippen LogP) is 4.68. The summed E-state index contributed by atoms with van der Waals surface area (Å²) >= 11 is 6.00. The summed E-state index contributed by atoms with van der Waals surface area (Å²) in [5.41, 5.74) is 1.02. The van der Waals surface area contributed by atoms with E-state index >= 15 is 0 Å². The average molecular weight is 483 g/mol. The van der Waals surface area contributed by atoms with Gasteiger partial charge in [0.2, 0.25) is 15.9 Å². The van der Waals surface area contributed by atoms with Crippen LogP contribution in [0.5, 0.6) is 0 Å². The number of amides is 1. The van der Waals surface area contributed by atoms with Crippen molar-refractivity contribution in [1.82, 2.24) is 9.62 Å². The molecule has 0 aromatic heterocycles. The molecule has 1 N–H and O–H groups in total. The summed E-state index contributed by atoms with van der Waals surface area (Å²) in [6, 6.07) is 9.97. The Morgan fingerprint density at radius 3 is 2.22 bits per heavy atom. The number of carbonyl (C=O) groups excluding carboxylic acids is 1. The zero-order valence-electron chi connectivity index (χ0n) is 17.4. The van der Waals surface area contributed by atoms with Crippen molar-refractivity contribution in [3.63, 3.8) is 0 Å². The molecule has 172 valence electrons. The van der Waals surface area contributed by atoms with E-state index in [1.807, 2.05) is 24.3 Å². The molecular formula is C23H25ClF2N2O3S. The quantitative estimate of drug-likeness (QED) is 0.650. The molecule has 9 heteroatoms. The fraction of sp³-hybridized carbons (Fsp3) is 0.435. The van der Waals surface area contributed by atoms with E-state index in [2.05, 4.69) is 5.32 Å². The van der Waals surface area contributed by atoms with Crippen molar-refractivity contribution in [2.45, 2.75) is 43.0 Å². The SMILES string of the molecule is O=C(NC(c1ccc(Cl)cc1)C1CCC1)C1CCN(S(=O)(=O)c2ccc(F)c(F)c2)CC1. The molecule has 2 fully saturated rings. The van der Waals surface area contributed by atoms with Crippen LogP contribution in [0.1, 0.15) is 43.7 Å². The summed E-state index contributed by atoms with van der Waals surface area (Å²) in [5, 5.41) is 3.82. The van der Waals surface area contributed by atoms with Crippen LogP contribution in [0.25, 0.3) is 0 Å². The molecule has 1 unspecified atom stereocenters. The zero-order valence-corrected chi connectivity index (χ0v) is 19.0. The van der Waals surface area contributed by atoms with Gasteiger partial charge in [-0.3, -0.25) is 4.79 Å². The van der Waals surface area contributed by atoms with Crippen LogP contribution in [0.4, 0.5) is 8.78 Å². The first-order chi connectivity index (χ1) is 15.3. The maximum atomic E-state index is 13.5. The molecule has 0 radical (unpaired) electrons. The average Bonchev–Trinajstić information content (AvgIpc) is 2.74. The van der Waals surface area contributed by atoms with Crippen LogP contribution in [0.2, 0.25) is 5.02 Å². The molecule has 1 aliphatic heterocycles. The number of halogens is 3. The van der Waals surface area contributed by atoms with E-state index in [0.717, 1.165) is 37.0 Å². The minimum absolute atomic E-state index is 0.0817. The zero-order chi connectivity index (χ0) is 22.9. The molecule has 1 amide bonds. The van der Waals surface area contributed by atoms with Crippen LogP contribution in [-0.2, 0) is 14.8 Å². The van der Waals surface area contributed by atoms with Gasteiger partial charge in [0.1, 0.15) is 0 Å². The topological polar surface area (TPSA) is 66.5 Å². The van der Waals surface area contributed by atoms with Crippen LogP contribution in [-0.4, -0.2) is 31.7 Å². The summed E-state index contributed by atoms with van der Waals surface area (Å²) in [6.07, 6.45) is 3.99. The molecule has 1 aliphatic carbocycles. The Morgan fingerprint density at radius 2 is 1.66 bits per heavy atom. The molecule has 1 heterocycles. The molecule has 1 saturated carbocycles.